The molecule has 1 fully saturated rings. The second-order valence-electron chi connectivity index (χ2n) is 9.11. The van der Waals surface area contributed by atoms with E-state index in [4.69, 9.17) is 20.2 Å². The van der Waals surface area contributed by atoms with Crippen molar-refractivity contribution >= 4 is 21.5 Å². The van der Waals surface area contributed by atoms with Crippen molar-refractivity contribution in [3.05, 3.63) is 53.6 Å². The van der Waals surface area contributed by atoms with Gasteiger partial charge in [-0.25, -0.2) is 17.7 Å². The molecular weight excluding hydrogens is 466 g/mol. The van der Waals surface area contributed by atoms with Crippen molar-refractivity contribution in [3.63, 3.8) is 0 Å². The maximum absolute atomic E-state index is 12.5. The van der Waals surface area contributed by atoms with Gasteiger partial charge in [0.15, 0.2) is 17.3 Å². The fourth-order valence-electron chi connectivity index (χ4n) is 5.23. The first-order valence-corrected chi connectivity index (χ1v) is 13.4. The smallest absolute Gasteiger partial charge is 0.213 e. The van der Waals surface area contributed by atoms with Gasteiger partial charge in [0.05, 0.1) is 25.7 Å². The van der Waals surface area contributed by atoms with E-state index in [1.807, 2.05) is 37.4 Å². The molecule has 0 aromatic heterocycles. The molecule has 2 aliphatic heterocycles. The Balaban J connectivity index is 1.73. The second-order valence-corrected chi connectivity index (χ2v) is 11.4. The van der Waals surface area contributed by atoms with Crippen molar-refractivity contribution in [2.75, 3.05) is 45.4 Å². The molecule has 2 aromatic carbocycles. The van der Waals surface area contributed by atoms with Gasteiger partial charge in [0.25, 0.3) is 0 Å². The number of nitrogens with one attached hydrogen (secondary N) is 2. The fraction of sp³-hybridized carbons (Fsp3) is 0.480. The molecule has 1 unspecified atom stereocenters. The first-order chi connectivity index (χ1) is 16.7. The zero-order valence-corrected chi connectivity index (χ0v) is 21.6. The molecule has 35 heavy (non-hydrogen) atoms. The van der Waals surface area contributed by atoms with E-state index in [1.165, 1.54) is 0 Å². The van der Waals surface area contributed by atoms with Crippen LogP contribution in [0.15, 0.2) is 47.5 Å². The molecule has 0 bridgehead atoms. The van der Waals surface area contributed by atoms with Crippen molar-refractivity contribution in [2.24, 2.45) is 10.7 Å². The van der Waals surface area contributed by atoms with E-state index in [0.717, 1.165) is 16.8 Å². The molecule has 1 saturated heterocycles. The van der Waals surface area contributed by atoms with E-state index in [9.17, 15) is 8.42 Å². The first kappa shape index (κ1) is 25.3. The Kier molecular flexibility index (Phi) is 6.99. The van der Waals surface area contributed by atoms with Crippen LogP contribution in [0.4, 0.5) is 5.69 Å². The Bertz CT molecular complexity index is 1190. The summed E-state index contributed by atoms with van der Waals surface area (Å²) in [6.45, 7) is 2.62. The minimum absolute atomic E-state index is 0.107. The molecule has 0 spiro atoms. The average molecular weight is 502 g/mol. The number of benzene rings is 2. The fourth-order valence-corrected chi connectivity index (χ4v) is 6.33. The number of aliphatic imine (C=N–C) groups is 1. The molecule has 4 rings (SSSR count). The normalized spacial score (nSPS) is 22.0. The molecule has 2 aromatic rings. The van der Waals surface area contributed by atoms with E-state index in [1.54, 1.807) is 25.4 Å². The van der Waals surface area contributed by atoms with Crippen molar-refractivity contribution in [1.29, 1.82) is 0 Å². The molecule has 10 heteroatoms. The molecule has 2 aliphatic rings. The van der Waals surface area contributed by atoms with Crippen LogP contribution in [-0.2, 0) is 15.4 Å². The lowest BCUT2D eigenvalue weighted by atomic mass is 9.69. The summed E-state index contributed by atoms with van der Waals surface area (Å²) in [5, 5.41) is 6.93. The van der Waals surface area contributed by atoms with E-state index in [0.29, 0.717) is 49.7 Å². The van der Waals surface area contributed by atoms with Gasteiger partial charge in [-0.05, 0) is 38.4 Å². The monoisotopic (exact) mass is 501 g/mol. The Morgan fingerprint density at radius 2 is 1.74 bits per heavy atom. The molecule has 9 nitrogen and oxygen atoms in total. The summed E-state index contributed by atoms with van der Waals surface area (Å²) in [4.78, 5) is 4.90. The lowest BCUT2D eigenvalue weighted by Gasteiger charge is -2.47. The molecule has 4 N–H and O–H groups in total. The highest BCUT2D eigenvalue weighted by atomic mass is 32.2. The van der Waals surface area contributed by atoms with Crippen LogP contribution >= 0.6 is 0 Å². The van der Waals surface area contributed by atoms with Crippen LogP contribution in [0.2, 0.25) is 0 Å². The number of hydrogen-bond donors (Lipinski definition) is 3. The van der Waals surface area contributed by atoms with Gasteiger partial charge in [-0.1, -0.05) is 30.3 Å². The molecule has 0 saturated carbocycles. The molecule has 0 amide bonds. The highest BCUT2D eigenvalue weighted by Crippen LogP contribution is 2.45. The van der Waals surface area contributed by atoms with Gasteiger partial charge in [-0.2, -0.15) is 0 Å². The predicted octanol–water partition coefficient (Wildman–Crippen LogP) is 2.48. The molecule has 2 heterocycles. The molecular formula is C25H35N5O4S. The summed E-state index contributed by atoms with van der Waals surface area (Å²) in [5.74, 6) is 0.778. The summed E-state index contributed by atoms with van der Waals surface area (Å²) in [6.07, 6.45) is 1.93. The third-order valence-corrected chi connectivity index (χ3v) is 9.17. The van der Waals surface area contributed by atoms with Crippen molar-refractivity contribution in [1.82, 2.24) is 9.62 Å². The summed E-state index contributed by atoms with van der Waals surface area (Å²) in [6, 6.07) is 14.0. The third kappa shape index (κ3) is 4.70. The SMILES string of the molecule is CCS(=O)(=O)N1CCC(CC2(NC)N=C(N)c3cc(OC)c(OC)cc3N2)(c2ccccc2)CC1. The molecule has 0 radical (unpaired) electrons. The Hall–Kier alpha value is -2.82. The molecule has 190 valence electrons. The van der Waals surface area contributed by atoms with Crippen LogP contribution in [0.3, 0.4) is 0 Å². The lowest BCUT2D eigenvalue weighted by molar-refractivity contribution is 0.178. The number of methoxy groups -OCH3 is 2. The summed E-state index contributed by atoms with van der Waals surface area (Å²) >= 11 is 0. The average Bonchev–Trinajstić information content (AvgIpc) is 2.88. The van der Waals surface area contributed by atoms with Crippen LogP contribution in [0.25, 0.3) is 0 Å². The van der Waals surface area contributed by atoms with E-state index >= 15 is 0 Å². The number of anilines is 1. The number of piperidine rings is 1. The zero-order valence-electron chi connectivity index (χ0n) is 20.8. The third-order valence-electron chi connectivity index (χ3n) is 7.28. The summed E-state index contributed by atoms with van der Waals surface area (Å²) in [7, 11) is 1.79. The van der Waals surface area contributed by atoms with Crippen molar-refractivity contribution < 1.29 is 17.9 Å². The van der Waals surface area contributed by atoms with E-state index < -0.39 is 15.8 Å². The molecule has 0 aliphatic carbocycles. The topological polar surface area (TPSA) is 118 Å². The van der Waals surface area contributed by atoms with Gasteiger partial charge in [-0.3, -0.25) is 5.32 Å². The minimum Gasteiger partial charge on any atom is -0.493 e. The first-order valence-electron chi connectivity index (χ1n) is 11.8. The summed E-state index contributed by atoms with van der Waals surface area (Å²) in [5.41, 5.74) is 8.87. The van der Waals surface area contributed by atoms with Gasteiger partial charge in [-0.15, -0.1) is 0 Å². The van der Waals surface area contributed by atoms with Gasteiger partial charge in [0, 0.05) is 36.6 Å². The maximum Gasteiger partial charge on any atom is 0.213 e. The van der Waals surface area contributed by atoms with Gasteiger partial charge < -0.3 is 20.5 Å². The summed E-state index contributed by atoms with van der Waals surface area (Å²) < 4.78 is 37.6. The van der Waals surface area contributed by atoms with Crippen molar-refractivity contribution in [3.8, 4) is 11.5 Å². The van der Waals surface area contributed by atoms with Crippen LogP contribution in [0.1, 0.15) is 37.3 Å². The Morgan fingerprint density at radius 1 is 1.11 bits per heavy atom. The largest absolute Gasteiger partial charge is 0.493 e. The van der Waals surface area contributed by atoms with E-state index in [-0.39, 0.29) is 11.2 Å². The van der Waals surface area contributed by atoms with Crippen LogP contribution in [-0.4, -0.2) is 64.5 Å². The lowest BCUT2D eigenvalue weighted by Crippen LogP contribution is -2.58. The van der Waals surface area contributed by atoms with Crippen LogP contribution in [0, 0.1) is 0 Å². The standard InChI is InChI=1S/C25H35N5O4S/c1-5-35(31,32)30-13-11-24(12-14-30,18-9-7-6-8-10-18)17-25(27-2)28-20-16-22(34-4)21(33-3)15-19(20)23(26)29-25/h6-10,15-16,27-28H,5,11-14,17H2,1-4H3,(H2,26,29). The Morgan fingerprint density at radius 3 is 2.31 bits per heavy atom. The van der Waals surface area contributed by atoms with Gasteiger partial charge in [0.1, 0.15) is 5.84 Å². The van der Waals surface area contributed by atoms with Crippen LogP contribution in [0.5, 0.6) is 11.5 Å². The maximum atomic E-state index is 12.5. The highest BCUT2D eigenvalue weighted by Gasteiger charge is 2.46. The number of hydrogen-bond acceptors (Lipinski definition) is 8. The number of nitrogens with two attached hydrogens (primary N) is 1. The van der Waals surface area contributed by atoms with Crippen LogP contribution < -0.4 is 25.8 Å². The quantitative estimate of drug-likeness (QED) is 0.509. The van der Waals surface area contributed by atoms with E-state index in [2.05, 4.69) is 22.8 Å². The molecule has 1 atom stereocenters. The predicted molar refractivity (Wildman–Crippen MR) is 139 cm³/mol. The highest BCUT2D eigenvalue weighted by molar-refractivity contribution is 7.89. The zero-order chi connectivity index (χ0) is 25.3. The number of amidine groups is 1. The number of nitrogens with zero attached hydrogens (tertiary/aromatic N) is 2. The number of sulfonamides is 1. The number of ether oxygens (including phenoxy) is 2. The van der Waals surface area contributed by atoms with Gasteiger partial charge in [0.2, 0.25) is 10.0 Å². The van der Waals surface area contributed by atoms with Gasteiger partial charge >= 0.3 is 0 Å². The minimum atomic E-state index is -3.24. The Labute approximate surface area is 207 Å². The number of fused-ring (bicyclic) bond motifs is 1. The van der Waals surface area contributed by atoms with Crippen molar-refractivity contribution in [2.45, 2.75) is 37.4 Å². The second kappa shape index (κ2) is 9.67. The number of rotatable bonds is 8.